The third-order valence-electron chi connectivity index (χ3n) is 4.56. The molecule has 2 aliphatic rings. The molecule has 2 fully saturated rings. The summed E-state index contributed by atoms with van der Waals surface area (Å²) in [6, 6.07) is 3.70. The Morgan fingerprint density at radius 1 is 1.38 bits per heavy atom. The van der Waals surface area contributed by atoms with Crippen LogP contribution in [0.25, 0.3) is 0 Å². The number of morpholine rings is 1. The van der Waals surface area contributed by atoms with Gasteiger partial charge in [0.15, 0.2) is 0 Å². The topological polar surface area (TPSA) is 77.9 Å². The standard InChI is InChI=1S/C17H26N4O3/c1-12-9-21(10-14(11-22)24-12)17(23)19-15-5-6-16(18-13(15)2)20-7-3-4-8-20/h5-6,12,14,22H,3-4,7-11H2,1-2H3,(H,19,23)/t12-,14-/m1/s1. The van der Waals surface area contributed by atoms with E-state index in [9.17, 15) is 9.90 Å². The Balaban J connectivity index is 1.65. The van der Waals surface area contributed by atoms with Gasteiger partial charge in [0.1, 0.15) is 5.82 Å². The van der Waals surface area contributed by atoms with Gasteiger partial charge < -0.3 is 25.0 Å². The van der Waals surface area contributed by atoms with Crippen molar-refractivity contribution in [2.45, 2.75) is 38.9 Å². The van der Waals surface area contributed by atoms with Crippen molar-refractivity contribution >= 4 is 17.5 Å². The van der Waals surface area contributed by atoms with Gasteiger partial charge in [0, 0.05) is 19.6 Å². The molecule has 7 nitrogen and oxygen atoms in total. The number of aryl methyl sites for hydroxylation is 1. The Kier molecular flexibility index (Phi) is 5.20. The highest BCUT2D eigenvalue weighted by molar-refractivity contribution is 5.90. The predicted octanol–water partition coefficient (Wildman–Crippen LogP) is 1.60. The van der Waals surface area contributed by atoms with Gasteiger partial charge in [0.25, 0.3) is 0 Å². The molecule has 1 aromatic rings. The smallest absolute Gasteiger partial charge is 0.322 e. The molecule has 0 aromatic carbocycles. The number of carbonyl (C=O) groups excluding carboxylic acids is 1. The third-order valence-corrected chi connectivity index (χ3v) is 4.56. The number of ether oxygens (including phenoxy) is 1. The molecule has 3 rings (SSSR count). The van der Waals surface area contributed by atoms with Crippen molar-refractivity contribution in [3.05, 3.63) is 17.8 Å². The van der Waals surface area contributed by atoms with E-state index in [0.29, 0.717) is 13.1 Å². The lowest BCUT2D eigenvalue weighted by Crippen LogP contribution is -2.51. The molecule has 2 aliphatic heterocycles. The van der Waals surface area contributed by atoms with E-state index in [1.54, 1.807) is 4.90 Å². The summed E-state index contributed by atoms with van der Waals surface area (Å²) in [5, 5.41) is 12.2. The van der Waals surface area contributed by atoms with E-state index in [4.69, 9.17) is 4.74 Å². The van der Waals surface area contributed by atoms with Crippen molar-refractivity contribution < 1.29 is 14.6 Å². The summed E-state index contributed by atoms with van der Waals surface area (Å²) in [4.78, 5) is 21.1. The summed E-state index contributed by atoms with van der Waals surface area (Å²) in [5.74, 6) is 0.975. The zero-order valence-corrected chi connectivity index (χ0v) is 14.4. The Morgan fingerprint density at radius 3 is 2.79 bits per heavy atom. The average Bonchev–Trinajstić information content (AvgIpc) is 3.10. The van der Waals surface area contributed by atoms with Crippen LogP contribution < -0.4 is 10.2 Å². The van der Waals surface area contributed by atoms with E-state index in [0.717, 1.165) is 30.3 Å². The largest absolute Gasteiger partial charge is 0.394 e. The van der Waals surface area contributed by atoms with Crippen LogP contribution in [-0.4, -0.2) is 66.0 Å². The van der Waals surface area contributed by atoms with Crippen LogP contribution in [-0.2, 0) is 4.74 Å². The zero-order chi connectivity index (χ0) is 17.1. The van der Waals surface area contributed by atoms with Crippen molar-refractivity contribution in [3.8, 4) is 0 Å². The first-order chi connectivity index (χ1) is 11.6. The van der Waals surface area contributed by atoms with E-state index in [2.05, 4.69) is 15.2 Å². The molecule has 2 amide bonds. The quantitative estimate of drug-likeness (QED) is 0.878. The Bertz CT molecular complexity index is 589. The second kappa shape index (κ2) is 7.36. The molecule has 2 atom stereocenters. The Morgan fingerprint density at radius 2 is 2.12 bits per heavy atom. The molecule has 0 aliphatic carbocycles. The fraction of sp³-hybridized carbons (Fsp3) is 0.647. The van der Waals surface area contributed by atoms with Crippen LogP contribution in [0.3, 0.4) is 0 Å². The number of nitrogens with zero attached hydrogens (tertiary/aromatic N) is 3. The number of carbonyl (C=O) groups is 1. The number of hydrogen-bond donors (Lipinski definition) is 2. The number of nitrogens with one attached hydrogen (secondary N) is 1. The fourth-order valence-electron chi connectivity index (χ4n) is 3.31. The van der Waals surface area contributed by atoms with Crippen LogP contribution >= 0.6 is 0 Å². The van der Waals surface area contributed by atoms with Crippen molar-refractivity contribution in [3.63, 3.8) is 0 Å². The molecule has 2 N–H and O–H groups in total. The minimum absolute atomic E-state index is 0.0841. The lowest BCUT2D eigenvalue weighted by Gasteiger charge is -2.36. The third kappa shape index (κ3) is 3.79. The number of aliphatic hydroxyl groups excluding tert-OH is 1. The van der Waals surface area contributed by atoms with E-state index in [-0.39, 0.29) is 24.8 Å². The number of pyridine rings is 1. The first-order valence-corrected chi connectivity index (χ1v) is 8.61. The zero-order valence-electron chi connectivity index (χ0n) is 14.4. The molecule has 3 heterocycles. The molecule has 2 saturated heterocycles. The maximum absolute atomic E-state index is 12.5. The molecule has 0 unspecified atom stereocenters. The minimum Gasteiger partial charge on any atom is -0.394 e. The highest BCUT2D eigenvalue weighted by atomic mass is 16.5. The monoisotopic (exact) mass is 334 g/mol. The van der Waals surface area contributed by atoms with E-state index >= 15 is 0 Å². The first kappa shape index (κ1) is 17.0. The summed E-state index contributed by atoms with van der Waals surface area (Å²) in [6.07, 6.45) is 2.01. The highest BCUT2D eigenvalue weighted by Gasteiger charge is 2.28. The molecule has 1 aromatic heterocycles. The van der Waals surface area contributed by atoms with Gasteiger partial charge in [-0.25, -0.2) is 9.78 Å². The molecule has 7 heteroatoms. The van der Waals surface area contributed by atoms with E-state index < -0.39 is 0 Å². The average molecular weight is 334 g/mol. The summed E-state index contributed by atoms with van der Waals surface area (Å²) in [5.41, 5.74) is 1.54. The predicted molar refractivity (Wildman–Crippen MR) is 92.4 cm³/mol. The number of aliphatic hydroxyl groups is 1. The normalized spacial score (nSPS) is 24.3. The second-order valence-electron chi connectivity index (χ2n) is 6.58. The highest BCUT2D eigenvalue weighted by Crippen LogP contribution is 2.22. The van der Waals surface area contributed by atoms with Crippen molar-refractivity contribution in [2.24, 2.45) is 0 Å². The fourth-order valence-corrected chi connectivity index (χ4v) is 3.31. The lowest BCUT2D eigenvalue weighted by molar-refractivity contribution is -0.0822. The van der Waals surface area contributed by atoms with Gasteiger partial charge in [0.05, 0.1) is 36.7 Å². The van der Waals surface area contributed by atoms with Gasteiger partial charge in [-0.05, 0) is 38.8 Å². The number of rotatable bonds is 3. The number of anilines is 2. The summed E-state index contributed by atoms with van der Waals surface area (Å²) < 4.78 is 5.57. The van der Waals surface area contributed by atoms with Crippen LogP contribution in [0.15, 0.2) is 12.1 Å². The van der Waals surface area contributed by atoms with E-state index in [1.807, 2.05) is 26.0 Å². The Hall–Kier alpha value is -1.86. The molecule has 0 spiro atoms. The number of hydrogen-bond acceptors (Lipinski definition) is 5. The van der Waals surface area contributed by atoms with Crippen LogP contribution in [0.1, 0.15) is 25.5 Å². The van der Waals surface area contributed by atoms with Crippen molar-refractivity contribution in [1.82, 2.24) is 9.88 Å². The van der Waals surface area contributed by atoms with Gasteiger partial charge >= 0.3 is 6.03 Å². The van der Waals surface area contributed by atoms with Crippen LogP contribution in [0, 0.1) is 6.92 Å². The number of aromatic nitrogens is 1. The SMILES string of the molecule is Cc1nc(N2CCCC2)ccc1NC(=O)N1C[C@H](CO)O[C@H](C)C1. The molecule has 0 bridgehead atoms. The van der Waals surface area contributed by atoms with Gasteiger partial charge in [-0.1, -0.05) is 0 Å². The lowest BCUT2D eigenvalue weighted by atomic mass is 10.2. The van der Waals surface area contributed by atoms with Gasteiger partial charge in [-0.2, -0.15) is 0 Å². The summed E-state index contributed by atoms with van der Waals surface area (Å²) in [6.45, 7) is 6.73. The second-order valence-corrected chi connectivity index (χ2v) is 6.58. The van der Waals surface area contributed by atoms with Crippen LogP contribution in [0.4, 0.5) is 16.3 Å². The maximum Gasteiger partial charge on any atom is 0.322 e. The molecule has 0 saturated carbocycles. The summed E-state index contributed by atoms with van der Waals surface area (Å²) >= 11 is 0. The van der Waals surface area contributed by atoms with Crippen molar-refractivity contribution in [2.75, 3.05) is 43.0 Å². The first-order valence-electron chi connectivity index (χ1n) is 8.61. The number of urea groups is 1. The van der Waals surface area contributed by atoms with E-state index in [1.165, 1.54) is 12.8 Å². The van der Waals surface area contributed by atoms with Crippen LogP contribution in [0.2, 0.25) is 0 Å². The van der Waals surface area contributed by atoms with Gasteiger partial charge in [-0.3, -0.25) is 0 Å². The van der Waals surface area contributed by atoms with Crippen LogP contribution in [0.5, 0.6) is 0 Å². The molecule has 132 valence electrons. The molecule has 0 radical (unpaired) electrons. The number of amides is 2. The van der Waals surface area contributed by atoms with Gasteiger partial charge in [-0.15, -0.1) is 0 Å². The summed E-state index contributed by atoms with van der Waals surface area (Å²) in [7, 11) is 0. The van der Waals surface area contributed by atoms with Crippen molar-refractivity contribution in [1.29, 1.82) is 0 Å². The maximum atomic E-state index is 12.5. The molecular weight excluding hydrogens is 308 g/mol. The Labute approximate surface area is 142 Å². The molecule has 24 heavy (non-hydrogen) atoms. The van der Waals surface area contributed by atoms with Gasteiger partial charge in [0.2, 0.25) is 0 Å². The minimum atomic E-state index is -0.323. The molecular formula is C17H26N4O3.